The van der Waals surface area contributed by atoms with Gasteiger partial charge in [-0.2, -0.15) is 0 Å². The third-order valence-corrected chi connectivity index (χ3v) is 7.34. The molecule has 2 aliphatic heterocycles. The van der Waals surface area contributed by atoms with Crippen LogP contribution in [0.4, 0.5) is 5.69 Å². The number of sulfonamides is 1. The summed E-state index contributed by atoms with van der Waals surface area (Å²) in [7, 11) is -3.24. The second-order valence-corrected chi connectivity index (χ2v) is 9.68. The second-order valence-electron chi connectivity index (χ2n) is 7.77. The van der Waals surface area contributed by atoms with Crippen molar-refractivity contribution in [2.24, 2.45) is 11.8 Å². The predicted molar refractivity (Wildman–Crippen MR) is 98.3 cm³/mol. The van der Waals surface area contributed by atoms with Gasteiger partial charge in [-0.3, -0.25) is 9.10 Å². The average Bonchev–Trinajstić information content (AvgIpc) is 3.04. The molecule has 0 spiro atoms. The Labute approximate surface area is 150 Å². The molecule has 5 nitrogen and oxygen atoms in total. The van der Waals surface area contributed by atoms with Crippen molar-refractivity contribution in [3.63, 3.8) is 0 Å². The molecule has 0 aromatic heterocycles. The molecular weight excluding hydrogens is 336 g/mol. The molecular formula is C19H26N2O3S. The molecule has 1 aromatic carbocycles. The first-order valence-corrected chi connectivity index (χ1v) is 11.2. The van der Waals surface area contributed by atoms with Gasteiger partial charge >= 0.3 is 0 Å². The highest BCUT2D eigenvalue weighted by Gasteiger charge is 2.34. The van der Waals surface area contributed by atoms with Gasteiger partial charge in [-0.25, -0.2) is 8.42 Å². The molecule has 3 aliphatic rings. The number of nitrogens with zero attached hydrogens (tertiary/aromatic N) is 2. The lowest BCUT2D eigenvalue weighted by Gasteiger charge is -2.41. The van der Waals surface area contributed by atoms with Crippen LogP contribution >= 0.6 is 0 Å². The van der Waals surface area contributed by atoms with Gasteiger partial charge < -0.3 is 4.90 Å². The van der Waals surface area contributed by atoms with E-state index in [9.17, 15) is 13.2 Å². The molecule has 25 heavy (non-hydrogen) atoms. The molecule has 1 amide bonds. The second kappa shape index (κ2) is 6.31. The minimum Gasteiger partial charge on any atom is -0.338 e. The highest BCUT2D eigenvalue weighted by Crippen LogP contribution is 2.37. The number of rotatable bonds is 2. The minimum absolute atomic E-state index is 0.102. The number of hydrogen-bond donors (Lipinski definition) is 0. The van der Waals surface area contributed by atoms with E-state index in [1.54, 1.807) is 12.1 Å². The van der Waals surface area contributed by atoms with Crippen LogP contribution in [-0.2, 0) is 16.4 Å². The van der Waals surface area contributed by atoms with Crippen molar-refractivity contribution in [1.29, 1.82) is 0 Å². The van der Waals surface area contributed by atoms with Gasteiger partial charge in [0.25, 0.3) is 5.91 Å². The van der Waals surface area contributed by atoms with E-state index >= 15 is 0 Å². The summed E-state index contributed by atoms with van der Waals surface area (Å²) < 4.78 is 25.1. The number of hydrogen-bond acceptors (Lipinski definition) is 3. The number of carbonyl (C=O) groups excluding carboxylic acids is 1. The summed E-state index contributed by atoms with van der Waals surface area (Å²) in [6, 6.07) is 5.48. The third kappa shape index (κ3) is 3.16. The monoisotopic (exact) mass is 362 g/mol. The highest BCUT2D eigenvalue weighted by atomic mass is 32.2. The maximum absolute atomic E-state index is 12.9. The molecule has 0 bridgehead atoms. The van der Waals surface area contributed by atoms with E-state index in [0.717, 1.165) is 36.7 Å². The standard InChI is InChI=1S/C19H26N2O3S/c1-25(23,24)21-11-9-15-12-16(6-7-18(15)21)19(22)20-10-8-14-4-2-3-5-17(14)13-20/h6-7,12,14,17H,2-5,8-11,13H2,1H3. The van der Waals surface area contributed by atoms with Crippen LogP contribution in [0.3, 0.4) is 0 Å². The van der Waals surface area contributed by atoms with E-state index < -0.39 is 10.0 Å². The quantitative estimate of drug-likeness (QED) is 0.813. The number of anilines is 1. The Morgan fingerprint density at radius 1 is 1.08 bits per heavy atom. The summed E-state index contributed by atoms with van der Waals surface area (Å²) in [6.45, 7) is 2.21. The van der Waals surface area contributed by atoms with Gasteiger partial charge in [0.2, 0.25) is 10.0 Å². The summed E-state index contributed by atoms with van der Waals surface area (Å²) in [5.74, 6) is 1.58. The molecule has 1 saturated carbocycles. The average molecular weight is 362 g/mol. The molecule has 2 heterocycles. The first-order chi connectivity index (χ1) is 11.9. The van der Waals surface area contributed by atoms with Crippen molar-refractivity contribution in [1.82, 2.24) is 4.90 Å². The molecule has 4 rings (SSSR count). The number of carbonyl (C=O) groups is 1. The van der Waals surface area contributed by atoms with Crippen LogP contribution in [0.5, 0.6) is 0 Å². The zero-order chi connectivity index (χ0) is 17.6. The predicted octanol–water partition coefficient (Wildman–Crippen LogP) is 2.66. The molecule has 136 valence electrons. The maximum atomic E-state index is 12.9. The fraction of sp³-hybridized carbons (Fsp3) is 0.632. The first kappa shape index (κ1) is 16.9. The van der Waals surface area contributed by atoms with Gasteiger partial charge in [-0.05, 0) is 54.9 Å². The Kier molecular flexibility index (Phi) is 4.26. The molecule has 2 atom stereocenters. The Bertz CT molecular complexity index is 790. The summed E-state index contributed by atoms with van der Waals surface area (Å²) >= 11 is 0. The van der Waals surface area contributed by atoms with Crippen LogP contribution in [0.2, 0.25) is 0 Å². The normalized spacial score (nSPS) is 26.3. The molecule has 2 fully saturated rings. The molecule has 6 heteroatoms. The van der Waals surface area contributed by atoms with Crippen molar-refractivity contribution >= 4 is 21.6 Å². The van der Waals surface area contributed by atoms with Crippen LogP contribution in [0.25, 0.3) is 0 Å². The zero-order valence-corrected chi connectivity index (χ0v) is 15.6. The lowest BCUT2D eigenvalue weighted by atomic mass is 9.75. The van der Waals surface area contributed by atoms with Gasteiger partial charge in [-0.1, -0.05) is 19.3 Å². The number of piperidine rings is 1. The lowest BCUT2D eigenvalue weighted by molar-refractivity contribution is 0.0521. The number of benzene rings is 1. The number of fused-ring (bicyclic) bond motifs is 2. The minimum atomic E-state index is -3.24. The molecule has 1 aliphatic carbocycles. The molecule has 1 saturated heterocycles. The highest BCUT2D eigenvalue weighted by molar-refractivity contribution is 7.92. The molecule has 0 N–H and O–H groups in total. The lowest BCUT2D eigenvalue weighted by Crippen LogP contribution is -2.44. The van der Waals surface area contributed by atoms with E-state index in [2.05, 4.69) is 0 Å². The maximum Gasteiger partial charge on any atom is 0.253 e. The molecule has 0 radical (unpaired) electrons. The molecule has 2 unspecified atom stereocenters. The van der Waals surface area contributed by atoms with Gasteiger partial charge in [0.05, 0.1) is 11.9 Å². The smallest absolute Gasteiger partial charge is 0.253 e. The summed E-state index contributed by atoms with van der Waals surface area (Å²) in [4.78, 5) is 15.0. The van der Waals surface area contributed by atoms with E-state index in [0.29, 0.717) is 24.4 Å². The van der Waals surface area contributed by atoms with E-state index in [1.165, 1.54) is 36.2 Å². The van der Waals surface area contributed by atoms with E-state index in [1.807, 2.05) is 11.0 Å². The number of likely N-dealkylation sites (tertiary alicyclic amines) is 1. The van der Waals surface area contributed by atoms with Crippen LogP contribution in [-0.4, -0.2) is 45.1 Å². The van der Waals surface area contributed by atoms with Crippen molar-refractivity contribution in [2.75, 3.05) is 30.2 Å². The zero-order valence-electron chi connectivity index (χ0n) is 14.8. The van der Waals surface area contributed by atoms with Crippen molar-refractivity contribution in [3.8, 4) is 0 Å². The van der Waals surface area contributed by atoms with E-state index in [4.69, 9.17) is 0 Å². The fourth-order valence-corrected chi connectivity index (χ4v) is 5.78. The summed E-state index contributed by atoms with van der Waals surface area (Å²) in [5.41, 5.74) is 2.39. The van der Waals surface area contributed by atoms with Gasteiger partial charge in [0.1, 0.15) is 0 Å². The topological polar surface area (TPSA) is 57.7 Å². The Balaban J connectivity index is 1.52. The van der Waals surface area contributed by atoms with Crippen LogP contribution in [0, 0.1) is 11.8 Å². The van der Waals surface area contributed by atoms with Gasteiger partial charge in [0, 0.05) is 25.2 Å². The third-order valence-electron chi connectivity index (χ3n) is 6.16. The van der Waals surface area contributed by atoms with Gasteiger partial charge in [0.15, 0.2) is 0 Å². The fourth-order valence-electron chi connectivity index (χ4n) is 4.82. The van der Waals surface area contributed by atoms with Crippen molar-refractivity contribution in [3.05, 3.63) is 29.3 Å². The van der Waals surface area contributed by atoms with Gasteiger partial charge in [-0.15, -0.1) is 0 Å². The van der Waals surface area contributed by atoms with Crippen molar-refractivity contribution in [2.45, 2.75) is 38.5 Å². The van der Waals surface area contributed by atoms with Crippen LogP contribution < -0.4 is 4.31 Å². The summed E-state index contributed by atoms with van der Waals surface area (Å²) in [6.07, 6.45) is 8.25. The number of amides is 1. The van der Waals surface area contributed by atoms with Crippen LogP contribution in [0.15, 0.2) is 18.2 Å². The van der Waals surface area contributed by atoms with Crippen LogP contribution in [0.1, 0.15) is 48.0 Å². The Hall–Kier alpha value is -1.56. The Morgan fingerprint density at radius 3 is 2.60 bits per heavy atom. The summed E-state index contributed by atoms with van der Waals surface area (Å²) in [5, 5.41) is 0. The van der Waals surface area contributed by atoms with Crippen molar-refractivity contribution < 1.29 is 13.2 Å². The Morgan fingerprint density at radius 2 is 1.84 bits per heavy atom. The first-order valence-electron chi connectivity index (χ1n) is 9.33. The SMILES string of the molecule is CS(=O)(=O)N1CCc2cc(C(=O)N3CCC4CCCCC4C3)ccc21. The molecule has 1 aromatic rings. The van der Waals surface area contributed by atoms with E-state index in [-0.39, 0.29) is 5.91 Å². The largest absolute Gasteiger partial charge is 0.338 e.